The van der Waals surface area contributed by atoms with Crippen LogP contribution in [-0.2, 0) is 10.0 Å². The predicted octanol–water partition coefficient (Wildman–Crippen LogP) is 3.04. The maximum atomic E-state index is 12.2. The molecule has 2 aromatic carbocycles. The van der Waals surface area contributed by atoms with Crippen LogP contribution in [0.25, 0.3) is 10.8 Å². The Morgan fingerprint density at radius 3 is 2.43 bits per heavy atom. The van der Waals surface area contributed by atoms with E-state index in [0.717, 1.165) is 28.1 Å². The zero-order valence-corrected chi connectivity index (χ0v) is 14.6. The molecule has 0 spiro atoms. The van der Waals surface area contributed by atoms with Gasteiger partial charge in [-0.15, -0.1) is 12.4 Å². The predicted molar refractivity (Wildman–Crippen MR) is 92.4 cm³/mol. The highest BCUT2D eigenvalue weighted by molar-refractivity contribution is 9.10. The van der Waals surface area contributed by atoms with Gasteiger partial charge in [-0.05, 0) is 54.4 Å². The number of nitrogens with one attached hydrogen (secondary N) is 1. The third-order valence-corrected chi connectivity index (χ3v) is 4.96. The molecule has 4 nitrogen and oxygen atoms in total. The monoisotopic (exact) mass is 392 g/mol. The summed E-state index contributed by atoms with van der Waals surface area (Å²) in [4.78, 5) is 0.292. The first-order valence-electron chi connectivity index (χ1n) is 6.42. The van der Waals surface area contributed by atoms with E-state index in [2.05, 4.69) is 20.7 Å². The Labute approximate surface area is 139 Å². The highest BCUT2D eigenvalue weighted by atomic mass is 79.9. The maximum absolute atomic E-state index is 12.2. The molecular formula is C14H18BrClN2O2S. The molecule has 0 saturated carbocycles. The van der Waals surface area contributed by atoms with E-state index in [1.807, 2.05) is 24.3 Å². The molecule has 0 saturated heterocycles. The lowest BCUT2D eigenvalue weighted by Gasteiger charge is -2.07. The fraction of sp³-hybridized carbons (Fsp3) is 0.286. The summed E-state index contributed by atoms with van der Waals surface area (Å²) in [6.45, 7) is 0.991. The molecule has 0 aliphatic heterocycles. The summed E-state index contributed by atoms with van der Waals surface area (Å²) in [5.41, 5.74) is 5.38. The van der Waals surface area contributed by atoms with Crippen molar-refractivity contribution in [2.24, 2.45) is 5.73 Å². The van der Waals surface area contributed by atoms with Crippen LogP contribution in [-0.4, -0.2) is 21.5 Å². The molecule has 3 N–H and O–H groups in total. The van der Waals surface area contributed by atoms with Gasteiger partial charge in [0, 0.05) is 11.0 Å². The van der Waals surface area contributed by atoms with Gasteiger partial charge in [0.15, 0.2) is 0 Å². The van der Waals surface area contributed by atoms with Crippen LogP contribution in [0.15, 0.2) is 45.8 Å². The van der Waals surface area contributed by atoms with Crippen LogP contribution in [0.2, 0.25) is 0 Å². The molecule has 0 heterocycles. The summed E-state index contributed by atoms with van der Waals surface area (Å²) in [5.74, 6) is 0. The Hall–Kier alpha value is -0.660. The molecule has 0 atom stereocenters. The van der Waals surface area contributed by atoms with E-state index in [9.17, 15) is 8.42 Å². The number of nitrogens with two attached hydrogens (primary N) is 1. The van der Waals surface area contributed by atoms with Crippen molar-refractivity contribution in [3.63, 3.8) is 0 Å². The van der Waals surface area contributed by atoms with Gasteiger partial charge < -0.3 is 5.73 Å². The molecule has 2 rings (SSSR count). The molecule has 0 bridgehead atoms. The highest BCUT2D eigenvalue weighted by Crippen LogP contribution is 2.22. The largest absolute Gasteiger partial charge is 0.330 e. The molecular weight excluding hydrogens is 376 g/mol. The van der Waals surface area contributed by atoms with Gasteiger partial charge in [-0.1, -0.05) is 28.1 Å². The molecule has 0 radical (unpaired) electrons. The Bertz CT molecular complexity index is 707. The standard InChI is InChI=1S/C14H17BrN2O2S.ClH/c15-13-5-3-12-10-14(6-4-11(12)9-13)20(18,19)17-8-2-1-7-16;/h3-6,9-10,17H,1-2,7-8,16H2;1H. The van der Waals surface area contributed by atoms with Crippen molar-refractivity contribution in [3.8, 4) is 0 Å². The molecule has 0 aliphatic rings. The first kappa shape index (κ1) is 18.4. The van der Waals surface area contributed by atoms with Crippen molar-refractivity contribution in [3.05, 3.63) is 40.9 Å². The fourth-order valence-electron chi connectivity index (χ4n) is 1.92. The van der Waals surface area contributed by atoms with E-state index in [1.165, 1.54) is 0 Å². The number of benzene rings is 2. The molecule has 116 valence electrons. The number of hydrogen-bond acceptors (Lipinski definition) is 3. The van der Waals surface area contributed by atoms with Crippen LogP contribution in [0.1, 0.15) is 12.8 Å². The van der Waals surface area contributed by atoms with Crippen LogP contribution in [0.3, 0.4) is 0 Å². The Morgan fingerprint density at radius 2 is 1.71 bits per heavy atom. The van der Waals surface area contributed by atoms with Gasteiger partial charge in [-0.2, -0.15) is 0 Å². The summed E-state index contributed by atoms with van der Waals surface area (Å²) in [6, 6.07) is 10.9. The summed E-state index contributed by atoms with van der Waals surface area (Å²) in [6.07, 6.45) is 1.56. The van der Waals surface area contributed by atoms with E-state index in [4.69, 9.17) is 5.73 Å². The summed E-state index contributed by atoms with van der Waals surface area (Å²) in [7, 11) is -3.44. The molecule has 21 heavy (non-hydrogen) atoms. The van der Waals surface area contributed by atoms with Crippen LogP contribution in [0.4, 0.5) is 0 Å². The summed E-state index contributed by atoms with van der Waals surface area (Å²) >= 11 is 3.40. The number of halogens is 2. The lowest BCUT2D eigenvalue weighted by atomic mass is 10.1. The van der Waals surface area contributed by atoms with Crippen molar-refractivity contribution in [1.82, 2.24) is 4.72 Å². The van der Waals surface area contributed by atoms with Crippen molar-refractivity contribution in [2.75, 3.05) is 13.1 Å². The zero-order valence-electron chi connectivity index (χ0n) is 11.4. The van der Waals surface area contributed by atoms with Gasteiger partial charge in [-0.25, -0.2) is 13.1 Å². The van der Waals surface area contributed by atoms with E-state index in [0.29, 0.717) is 18.0 Å². The second kappa shape index (κ2) is 8.10. The van der Waals surface area contributed by atoms with Crippen molar-refractivity contribution in [1.29, 1.82) is 0 Å². The van der Waals surface area contributed by atoms with Crippen molar-refractivity contribution in [2.45, 2.75) is 17.7 Å². The third kappa shape index (κ3) is 4.93. The first-order valence-corrected chi connectivity index (χ1v) is 8.69. The van der Waals surface area contributed by atoms with Crippen LogP contribution in [0, 0.1) is 0 Å². The minimum Gasteiger partial charge on any atom is -0.330 e. The van der Waals surface area contributed by atoms with Gasteiger partial charge in [0.1, 0.15) is 0 Å². The topological polar surface area (TPSA) is 72.2 Å². The average molecular weight is 394 g/mol. The van der Waals surface area contributed by atoms with Gasteiger partial charge in [0.25, 0.3) is 0 Å². The maximum Gasteiger partial charge on any atom is 0.240 e. The second-order valence-corrected chi connectivity index (χ2v) is 7.23. The summed E-state index contributed by atoms with van der Waals surface area (Å²) in [5, 5.41) is 1.90. The summed E-state index contributed by atoms with van der Waals surface area (Å²) < 4.78 is 27.9. The molecule has 0 aromatic heterocycles. The van der Waals surface area contributed by atoms with Gasteiger partial charge >= 0.3 is 0 Å². The lowest BCUT2D eigenvalue weighted by molar-refractivity contribution is 0.577. The molecule has 0 aliphatic carbocycles. The molecule has 0 fully saturated rings. The van der Waals surface area contributed by atoms with Gasteiger partial charge in [-0.3, -0.25) is 0 Å². The lowest BCUT2D eigenvalue weighted by Crippen LogP contribution is -2.25. The van der Waals surface area contributed by atoms with Gasteiger partial charge in [0.2, 0.25) is 10.0 Å². The first-order chi connectivity index (χ1) is 9.53. The number of hydrogen-bond donors (Lipinski definition) is 2. The second-order valence-electron chi connectivity index (χ2n) is 4.55. The van der Waals surface area contributed by atoms with Crippen molar-refractivity contribution >= 4 is 49.1 Å². The van der Waals surface area contributed by atoms with E-state index in [1.54, 1.807) is 12.1 Å². The van der Waals surface area contributed by atoms with E-state index >= 15 is 0 Å². The minimum atomic E-state index is -3.44. The Balaban J connectivity index is 0.00000220. The SMILES string of the molecule is Cl.NCCCCNS(=O)(=O)c1ccc2cc(Br)ccc2c1. The number of fused-ring (bicyclic) bond motifs is 1. The van der Waals surface area contributed by atoms with E-state index in [-0.39, 0.29) is 12.4 Å². The van der Waals surface area contributed by atoms with Crippen LogP contribution in [0.5, 0.6) is 0 Å². The molecule has 0 unspecified atom stereocenters. The van der Waals surface area contributed by atoms with Crippen LogP contribution < -0.4 is 10.5 Å². The smallest absolute Gasteiger partial charge is 0.240 e. The quantitative estimate of drug-likeness (QED) is 0.741. The Morgan fingerprint density at radius 1 is 1.05 bits per heavy atom. The Kier molecular flexibility index (Phi) is 7.09. The fourth-order valence-corrected chi connectivity index (χ4v) is 3.41. The van der Waals surface area contributed by atoms with Crippen LogP contribution >= 0.6 is 28.3 Å². The van der Waals surface area contributed by atoms with Crippen molar-refractivity contribution < 1.29 is 8.42 Å². The molecule has 0 amide bonds. The van der Waals surface area contributed by atoms with E-state index < -0.39 is 10.0 Å². The molecule has 2 aromatic rings. The van der Waals surface area contributed by atoms with Gasteiger partial charge in [0.05, 0.1) is 4.90 Å². The third-order valence-electron chi connectivity index (χ3n) is 3.01. The molecule has 7 heteroatoms. The average Bonchev–Trinajstić information content (AvgIpc) is 2.43. The normalized spacial score (nSPS) is 11.3. The zero-order chi connectivity index (χ0) is 14.6. The number of rotatable bonds is 6. The minimum absolute atomic E-state index is 0. The number of sulfonamides is 1. The highest BCUT2D eigenvalue weighted by Gasteiger charge is 2.13. The number of unbranched alkanes of at least 4 members (excludes halogenated alkanes) is 1.